The fourth-order valence-electron chi connectivity index (χ4n) is 3.02. The van der Waals surface area contributed by atoms with Crippen LogP contribution in [0, 0.1) is 0 Å². The molecule has 0 spiro atoms. The number of halogens is 2. The molecule has 1 aromatic heterocycles. The molecule has 4 heteroatoms. The van der Waals surface area contributed by atoms with Gasteiger partial charge in [0.25, 0.3) is 0 Å². The van der Waals surface area contributed by atoms with Gasteiger partial charge in [-0.3, -0.25) is 4.98 Å². The van der Waals surface area contributed by atoms with Crippen LogP contribution in [-0.2, 0) is 5.60 Å². The molecule has 1 N–H and O–H groups in total. The van der Waals surface area contributed by atoms with Crippen LogP contribution in [0.25, 0.3) is 0 Å². The monoisotopic (exact) mass is 357 g/mol. The Bertz CT molecular complexity index is 780. The zero-order valence-corrected chi connectivity index (χ0v) is 14.7. The van der Waals surface area contributed by atoms with Gasteiger partial charge in [-0.05, 0) is 42.8 Å². The molecule has 0 amide bonds. The lowest BCUT2D eigenvalue weighted by Crippen LogP contribution is -2.32. The highest BCUT2D eigenvalue weighted by Crippen LogP contribution is 2.43. The van der Waals surface area contributed by atoms with Crippen molar-refractivity contribution < 1.29 is 5.11 Å². The van der Waals surface area contributed by atoms with E-state index in [9.17, 15) is 5.11 Å². The minimum absolute atomic E-state index is 0.379. The summed E-state index contributed by atoms with van der Waals surface area (Å²) in [6.07, 6.45) is 1.72. The van der Waals surface area contributed by atoms with E-state index in [0.29, 0.717) is 15.6 Å². The summed E-state index contributed by atoms with van der Waals surface area (Å²) >= 11 is 12.5. The first-order valence-corrected chi connectivity index (χ1v) is 8.39. The summed E-state index contributed by atoms with van der Waals surface area (Å²) in [5.41, 5.74) is 1.02. The van der Waals surface area contributed by atoms with E-state index >= 15 is 0 Å². The van der Waals surface area contributed by atoms with E-state index in [2.05, 4.69) is 4.98 Å². The van der Waals surface area contributed by atoms with E-state index in [1.54, 1.807) is 31.3 Å². The van der Waals surface area contributed by atoms with E-state index in [1.807, 2.05) is 48.5 Å². The average molecular weight is 358 g/mol. The van der Waals surface area contributed by atoms with Crippen LogP contribution in [0.4, 0.5) is 0 Å². The summed E-state index contributed by atoms with van der Waals surface area (Å²) < 4.78 is 0. The first-order valence-electron chi connectivity index (χ1n) is 7.64. The van der Waals surface area contributed by atoms with Crippen molar-refractivity contribution in [1.29, 1.82) is 0 Å². The summed E-state index contributed by atoms with van der Waals surface area (Å²) in [4.78, 5) is 4.46. The fourth-order valence-corrected chi connectivity index (χ4v) is 3.50. The third kappa shape index (κ3) is 3.32. The maximum absolute atomic E-state index is 11.5. The van der Waals surface area contributed by atoms with Gasteiger partial charge in [0.05, 0.1) is 11.6 Å². The van der Waals surface area contributed by atoms with Crippen LogP contribution in [0.3, 0.4) is 0 Å². The molecule has 0 bridgehead atoms. The summed E-state index contributed by atoms with van der Waals surface area (Å²) in [5, 5.41) is 12.5. The number of aromatic nitrogens is 1. The molecule has 0 saturated heterocycles. The number of aliphatic hydroxyl groups is 1. The molecule has 0 fully saturated rings. The molecule has 3 aromatic rings. The van der Waals surface area contributed by atoms with Crippen molar-refractivity contribution in [2.24, 2.45) is 0 Å². The van der Waals surface area contributed by atoms with Crippen LogP contribution >= 0.6 is 23.2 Å². The largest absolute Gasteiger partial charge is 0.384 e. The molecule has 0 aliphatic heterocycles. The molecule has 122 valence electrons. The number of hydrogen-bond donors (Lipinski definition) is 1. The highest BCUT2D eigenvalue weighted by molar-refractivity contribution is 6.33. The lowest BCUT2D eigenvalue weighted by Gasteiger charge is -2.34. The molecule has 0 unspecified atom stereocenters. The van der Waals surface area contributed by atoms with Gasteiger partial charge in [0, 0.05) is 21.8 Å². The highest BCUT2D eigenvalue weighted by atomic mass is 35.5. The van der Waals surface area contributed by atoms with Crippen molar-refractivity contribution in [2.75, 3.05) is 0 Å². The molecule has 2 aromatic carbocycles. The van der Waals surface area contributed by atoms with E-state index in [0.717, 1.165) is 11.3 Å². The molecule has 2 nitrogen and oxygen atoms in total. The maximum Gasteiger partial charge on any atom is 0.101 e. The van der Waals surface area contributed by atoms with Crippen LogP contribution in [0.2, 0.25) is 10.0 Å². The molecule has 1 heterocycles. The Labute approximate surface area is 151 Å². The summed E-state index contributed by atoms with van der Waals surface area (Å²) in [7, 11) is 0. The van der Waals surface area contributed by atoms with Crippen molar-refractivity contribution in [3.63, 3.8) is 0 Å². The van der Waals surface area contributed by atoms with Crippen molar-refractivity contribution in [1.82, 2.24) is 4.98 Å². The predicted octanol–water partition coefficient (Wildman–Crippen LogP) is 5.43. The molecule has 0 aliphatic rings. The molecule has 2 atom stereocenters. The van der Waals surface area contributed by atoms with Crippen LogP contribution < -0.4 is 0 Å². The topological polar surface area (TPSA) is 33.1 Å². The Balaban J connectivity index is 2.19. The third-order valence-electron chi connectivity index (χ3n) is 4.15. The zero-order chi connectivity index (χ0) is 17.2. The van der Waals surface area contributed by atoms with Gasteiger partial charge < -0.3 is 5.11 Å². The van der Waals surface area contributed by atoms with E-state index in [4.69, 9.17) is 23.2 Å². The second kappa shape index (κ2) is 6.94. The van der Waals surface area contributed by atoms with Crippen LogP contribution in [0.5, 0.6) is 0 Å². The third-order valence-corrected chi connectivity index (χ3v) is 4.72. The standard InChI is InChI=1S/C20H17Cl2NO/c1-20(24,16-13-15(21)10-11-17(16)22)19(14-7-3-2-4-8-14)18-9-5-6-12-23-18/h2-13,19,24H,1H3/t19-,20+/m0/s1. The lowest BCUT2D eigenvalue weighted by molar-refractivity contribution is 0.0381. The second-order valence-corrected chi connectivity index (χ2v) is 6.71. The Morgan fingerprint density at radius 1 is 0.958 bits per heavy atom. The molecule has 24 heavy (non-hydrogen) atoms. The first kappa shape index (κ1) is 17.0. The number of benzene rings is 2. The number of rotatable bonds is 4. The zero-order valence-electron chi connectivity index (χ0n) is 13.2. The molecule has 0 radical (unpaired) electrons. The lowest BCUT2D eigenvalue weighted by atomic mass is 9.76. The minimum Gasteiger partial charge on any atom is -0.384 e. The van der Waals surface area contributed by atoms with E-state index in [1.165, 1.54) is 0 Å². The summed E-state index contributed by atoms with van der Waals surface area (Å²) in [6, 6.07) is 20.6. The van der Waals surface area contributed by atoms with Crippen molar-refractivity contribution in [3.05, 3.63) is 99.8 Å². The average Bonchev–Trinajstić information content (AvgIpc) is 2.59. The Hall–Kier alpha value is -1.87. The van der Waals surface area contributed by atoms with Gasteiger partial charge >= 0.3 is 0 Å². The first-order chi connectivity index (χ1) is 11.5. The predicted molar refractivity (Wildman–Crippen MR) is 98.6 cm³/mol. The normalized spacial score (nSPS) is 14.8. The molecule has 0 saturated carbocycles. The van der Waals surface area contributed by atoms with Gasteiger partial charge in [-0.1, -0.05) is 59.6 Å². The smallest absolute Gasteiger partial charge is 0.101 e. The van der Waals surface area contributed by atoms with E-state index < -0.39 is 5.60 Å². The van der Waals surface area contributed by atoms with Crippen LogP contribution in [0.1, 0.15) is 29.7 Å². The quantitative estimate of drug-likeness (QED) is 0.675. The summed E-state index contributed by atoms with van der Waals surface area (Å²) in [6.45, 7) is 1.75. The molecular weight excluding hydrogens is 341 g/mol. The van der Waals surface area contributed by atoms with Gasteiger partial charge in [-0.2, -0.15) is 0 Å². The van der Waals surface area contributed by atoms with Crippen molar-refractivity contribution in [2.45, 2.75) is 18.4 Å². The molecule has 3 rings (SSSR count). The number of pyridine rings is 1. The van der Waals surface area contributed by atoms with Gasteiger partial charge in [-0.25, -0.2) is 0 Å². The van der Waals surface area contributed by atoms with Crippen LogP contribution in [-0.4, -0.2) is 10.1 Å². The van der Waals surface area contributed by atoms with Crippen molar-refractivity contribution in [3.8, 4) is 0 Å². The van der Waals surface area contributed by atoms with Gasteiger partial charge in [0.15, 0.2) is 0 Å². The molecular formula is C20H17Cl2NO. The van der Waals surface area contributed by atoms with Gasteiger partial charge in [0.2, 0.25) is 0 Å². The highest BCUT2D eigenvalue weighted by Gasteiger charge is 2.38. The summed E-state index contributed by atoms with van der Waals surface area (Å²) in [5.74, 6) is -0.379. The minimum atomic E-state index is -1.28. The second-order valence-electron chi connectivity index (χ2n) is 5.87. The molecule has 0 aliphatic carbocycles. The maximum atomic E-state index is 11.5. The Morgan fingerprint density at radius 2 is 1.67 bits per heavy atom. The van der Waals surface area contributed by atoms with Gasteiger partial charge in [-0.15, -0.1) is 0 Å². The number of hydrogen-bond acceptors (Lipinski definition) is 2. The number of nitrogens with zero attached hydrogens (tertiary/aromatic N) is 1. The Kier molecular flexibility index (Phi) is 4.91. The Morgan fingerprint density at radius 3 is 2.33 bits per heavy atom. The van der Waals surface area contributed by atoms with Crippen LogP contribution in [0.15, 0.2) is 72.9 Å². The van der Waals surface area contributed by atoms with Crippen molar-refractivity contribution >= 4 is 23.2 Å². The SMILES string of the molecule is C[C@@](O)(c1cc(Cl)ccc1Cl)[C@@H](c1ccccc1)c1ccccn1. The van der Waals surface area contributed by atoms with E-state index in [-0.39, 0.29) is 5.92 Å². The fraction of sp³-hybridized carbons (Fsp3) is 0.150. The van der Waals surface area contributed by atoms with Gasteiger partial charge in [0.1, 0.15) is 5.60 Å².